The van der Waals surface area contributed by atoms with Gasteiger partial charge >= 0.3 is 0 Å². The number of aliphatic hydroxyl groups is 1. The highest BCUT2D eigenvalue weighted by atomic mass is 32.2. The first kappa shape index (κ1) is 21.8. The molecule has 0 aliphatic carbocycles. The average molecular weight is 471 g/mol. The van der Waals surface area contributed by atoms with Gasteiger partial charge in [-0.05, 0) is 0 Å². The number of carbonyl (C=O) groups is 1. The molecule has 1 aromatic carbocycles. The van der Waals surface area contributed by atoms with Crippen LogP contribution in [0.4, 0.5) is 5.95 Å². The number of ether oxygens (including phenoxy) is 2. The van der Waals surface area contributed by atoms with Gasteiger partial charge in [0.05, 0.1) is 19.3 Å². The number of thioether (sulfide) groups is 1. The molecule has 0 radical (unpaired) electrons. The molecule has 12 heteroatoms. The quantitative estimate of drug-likeness (QED) is 0.399. The lowest BCUT2D eigenvalue weighted by atomic mass is 10.0. The summed E-state index contributed by atoms with van der Waals surface area (Å²) in [5.74, 6) is 0.333. The highest BCUT2D eigenvalue weighted by Crippen LogP contribution is 2.47. The first-order valence-corrected chi connectivity index (χ1v) is 11.2. The van der Waals surface area contributed by atoms with Gasteiger partial charge in [-0.2, -0.15) is 4.98 Å². The maximum atomic E-state index is 12.6. The molecule has 2 N–H and O–H groups in total. The third-order valence-corrected chi connectivity index (χ3v) is 6.70. The van der Waals surface area contributed by atoms with Gasteiger partial charge in [-0.25, -0.2) is 9.98 Å². The Bertz CT molecular complexity index is 1280. The molecule has 4 unspecified atom stereocenters. The molecule has 0 amide bonds. The molecule has 2 saturated heterocycles. The Hall–Kier alpha value is -3.06. The second kappa shape index (κ2) is 8.37. The number of carbonyl (C=O) groups excluding carboxylic acids is 1. The SMILES string of the molecule is CN(C)/C=N/c1nc2c(ncn2C2OC3(CSC(=O)c4ccccc4)COC2C3O)c(=O)[nH]1. The minimum absolute atomic E-state index is 0.114. The minimum Gasteiger partial charge on any atom is -0.387 e. The monoisotopic (exact) mass is 470 g/mol. The van der Waals surface area contributed by atoms with Gasteiger partial charge in [0.15, 0.2) is 17.4 Å². The number of hydrogen-bond donors (Lipinski definition) is 2. The first-order valence-electron chi connectivity index (χ1n) is 10.3. The third-order valence-electron chi connectivity index (χ3n) is 5.57. The number of nitrogens with one attached hydrogen (secondary N) is 1. The number of aromatic amines is 1. The molecule has 4 atom stereocenters. The standard InChI is InChI=1S/C21H22N6O5S/c1-26(2)10-23-20-24-16-13(17(29)25-20)22-11-27(16)18-14-15(28)21(32-18,8-31-14)9-33-19(30)12-6-4-3-5-7-12/h3-7,10-11,14-15,18,28H,8-9H2,1-2H3,(H,24,25,29)/b23-10+. The molecule has 11 nitrogen and oxygen atoms in total. The predicted molar refractivity (Wildman–Crippen MR) is 122 cm³/mol. The van der Waals surface area contributed by atoms with Crippen molar-refractivity contribution < 1.29 is 19.4 Å². The van der Waals surface area contributed by atoms with Crippen molar-refractivity contribution in [3.63, 3.8) is 0 Å². The molecular formula is C21H22N6O5S. The number of nitrogens with zero attached hydrogens (tertiary/aromatic N) is 5. The summed E-state index contributed by atoms with van der Waals surface area (Å²) in [6.45, 7) is 0.156. The largest absolute Gasteiger partial charge is 0.387 e. The van der Waals surface area contributed by atoms with Crippen molar-refractivity contribution in [2.24, 2.45) is 4.99 Å². The van der Waals surface area contributed by atoms with Gasteiger partial charge in [0.25, 0.3) is 5.56 Å². The van der Waals surface area contributed by atoms with Gasteiger partial charge < -0.3 is 19.5 Å². The van der Waals surface area contributed by atoms with E-state index in [1.54, 1.807) is 47.8 Å². The summed E-state index contributed by atoms with van der Waals surface area (Å²) in [5.41, 5.74) is -0.529. The second-order valence-electron chi connectivity index (χ2n) is 8.16. The molecule has 4 heterocycles. The molecule has 172 valence electrons. The Morgan fingerprint density at radius 3 is 2.97 bits per heavy atom. The maximum Gasteiger partial charge on any atom is 0.280 e. The van der Waals surface area contributed by atoms with Gasteiger partial charge in [-0.15, -0.1) is 0 Å². The van der Waals surface area contributed by atoms with Crippen LogP contribution >= 0.6 is 11.8 Å². The van der Waals surface area contributed by atoms with Crippen LogP contribution < -0.4 is 5.56 Å². The van der Waals surface area contributed by atoms with E-state index in [1.807, 2.05) is 6.07 Å². The zero-order chi connectivity index (χ0) is 23.2. The van der Waals surface area contributed by atoms with Crippen molar-refractivity contribution in [2.75, 3.05) is 26.5 Å². The summed E-state index contributed by atoms with van der Waals surface area (Å²) < 4.78 is 13.7. The molecular weight excluding hydrogens is 448 g/mol. The van der Waals surface area contributed by atoms with Crippen molar-refractivity contribution in [2.45, 2.75) is 24.0 Å². The molecule has 3 aromatic rings. The van der Waals surface area contributed by atoms with Crippen LogP contribution in [0.1, 0.15) is 16.6 Å². The number of aliphatic imine (C=N–C) groups is 1. The Labute approximate surface area is 192 Å². The number of benzene rings is 1. The average Bonchev–Trinajstić information content (AvgIpc) is 3.46. The van der Waals surface area contributed by atoms with Crippen LogP contribution in [0.5, 0.6) is 0 Å². The number of H-pyrrole nitrogens is 1. The van der Waals surface area contributed by atoms with E-state index in [4.69, 9.17) is 9.47 Å². The van der Waals surface area contributed by atoms with Crippen LogP contribution in [0.25, 0.3) is 11.2 Å². The van der Waals surface area contributed by atoms with Gasteiger partial charge in [-0.1, -0.05) is 42.1 Å². The maximum absolute atomic E-state index is 12.6. The summed E-state index contributed by atoms with van der Waals surface area (Å²) in [6, 6.07) is 8.93. The Balaban J connectivity index is 1.41. The fraction of sp³-hybridized carbons (Fsp3) is 0.381. The Morgan fingerprint density at radius 1 is 1.42 bits per heavy atom. The van der Waals surface area contributed by atoms with Crippen molar-refractivity contribution in [3.8, 4) is 0 Å². The molecule has 0 spiro atoms. The molecule has 33 heavy (non-hydrogen) atoms. The van der Waals surface area contributed by atoms with Crippen LogP contribution in [0.3, 0.4) is 0 Å². The van der Waals surface area contributed by atoms with Gasteiger partial charge in [0.1, 0.15) is 17.8 Å². The van der Waals surface area contributed by atoms with E-state index in [0.717, 1.165) is 11.8 Å². The highest BCUT2D eigenvalue weighted by molar-refractivity contribution is 8.14. The van der Waals surface area contributed by atoms with Gasteiger partial charge in [0.2, 0.25) is 11.1 Å². The zero-order valence-electron chi connectivity index (χ0n) is 17.9. The summed E-state index contributed by atoms with van der Waals surface area (Å²) in [6.07, 6.45) is 0.547. The second-order valence-corrected chi connectivity index (χ2v) is 9.11. The van der Waals surface area contributed by atoms with Crippen molar-refractivity contribution in [3.05, 3.63) is 52.6 Å². The van der Waals surface area contributed by atoms with E-state index in [-0.39, 0.29) is 34.6 Å². The molecule has 2 aliphatic heterocycles. The van der Waals surface area contributed by atoms with E-state index >= 15 is 0 Å². The number of aliphatic hydroxyl groups excluding tert-OH is 1. The Morgan fingerprint density at radius 2 is 2.21 bits per heavy atom. The van der Waals surface area contributed by atoms with Crippen molar-refractivity contribution in [1.29, 1.82) is 0 Å². The molecule has 0 saturated carbocycles. The minimum atomic E-state index is -1.06. The fourth-order valence-electron chi connectivity index (χ4n) is 3.92. The van der Waals surface area contributed by atoms with E-state index in [0.29, 0.717) is 5.56 Å². The first-order chi connectivity index (χ1) is 15.9. The van der Waals surface area contributed by atoms with Crippen LogP contribution in [-0.4, -0.2) is 85.2 Å². The third kappa shape index (κ3) is 3.84. The zero-order valence-corrected chi connectivity index (χ0v) is 18.7. The van der Waals surface area contributed by atoms with Crippen molar-refractivity contribution in [1.82, 2.24) is 24.4 Å². The van der Waals surface area contributed by atoms with E-state index < -0.39 is 29.6 Å². The molecule has 2 aliphatic rings. The lowest BCUT2D eigenvalue weighted by molar-refractivity contribution is -0.162. The van der Waals surface area contributed by atoms with Crippen LogP contribution in [0.2, 0.25) is 0 Å². The Kier molecular flexibility index (Phi) is 5.52. The van der Waals surface area contributed by atoms with E-state index in [2.05, 4.69) is 19.9 Å². The lowest BCUT2D eigenvalue weighted by Crippen LogP contribution is -2.43. The van der Waals surface area contributed by atoms with E-state index in [1.165, 1.54) is 12.7 Å². The predicted octanol–water partition coefficient (Wildman–Crippen LogP) is 0.942. The van der Waals surface area contributed by atoms with Gasteiger partial charge in [0, 0.05) is 25.4 Å². The van der Waals surface area contributed by atoms with Crippen molar-refractivity contribution >= 4 is 40.3 Å². The lowest BCUT2D eigenvalue weighted by Gasteiger charge is -2.30. The molecule has 2 fully saturated rings. The number of imidazole rings is 1. The number of aromatic nitrogens is 4. The summed E-state index contributed by atoms with van der Waals surface area (Å²) in [5, 5.41) is 10.8. The molecule has 5 rings (SSSR count). The molecule has 2 bridgehead atoms. The fourth-order valence-corrected chi connectivity index (χ4v) is 4.92. The number of rotatable bonds is 6. The summed E-state index contributed by atoms with van der Waals surface area (Å²) >= 11 is 1.07. The number of fused-ring (bicyclic) bond motifs is 3. The highest BCUT2D eigenvalue weighted by Gasteiger charge is 2.62. The number of hydrogen-bond acceptors (Lipinski definition) is 9. The normalized spacial score (nSPS) is 26.5. The van der Waals surface area contributed by atoms with Gasteiger partial charge in [-0.3, -0.25) is 19.1 Å². The van der Waals surface area contributed by atoms with Crippen LogP contribution in [-0.2, 0) is 9.47 Å². The summed E-state index contributed by atoms with van der Waals surface area (Å²) in [4.78, 5) is 42.0. The molecule has 2 aromatic heterocycles. The van der Waals surface area contributed by atoms with Crippen LogP contribution in [0, 0.1) is 0 Å². The smallest absolute Gasteiger partial charge is 0.280 e. The van der Waals surface area contributed by atoms with Crippen LogP contribution in [0.15, 0.2) is 46.4 Å². The van der Waals surface area contributed by atoms with E-state index in [9.17, 15) is 14.7 Å². The topological polar surface area (TPSA) is 135 Å². The summed E-state index contributed by atoms with van der Waals surface area (Å²) in [7, 11) is 3.60.